The Bertz CT molecular complexity index is 805. The van der Waals surface area contributed by atoms with Crippen LogP contribution in [0.1, 0.15) is 18.4 Å². The fraction of sp³-hybridized carbons (Fsp3) is 0.389. The van der Waals surface area contributed by atoms with Crippen molar-refractivity contribution in [1.29, 1.82) is 0 Å². The molecule has 1 atom stereocenters. The molecule has 130 valence electrons. The van der Waals surface area contributed by atoms with E-state index in [0.717, 1.165) is 25.9 Å². The van der Waals surface area contributed by atoms with Gasteiger partial charge in [-0.2, -0.15) is 0 Å². The van der Waals surface area contributed by atoms with Crippen LogP contribution in [0.5, 0.6) is 5.75 Å². The summed E-state index contributed by atoms with van der Waals surface area (Å²) >= 11 is 1.47. The maximum Gasteiger partial charge on any atom is 0.244 e. The van der Waals surface area contributed by atoms with Crippen molar-refractivity contribution in [3.8, 4) is 29.4 Å². The van der Waals surface area contributed by atoms with Crippen molar-refractivity contribution in [1.82, 2.24) is 20.1 Å². The number of aromatic hydroxyl groups is 1. The first-order valence-corrected chi connectivity index (χ1v) is 9.37. The van der Waals surface area contributed by atoms with E-state index in [1.807, 2.05) is 6.26 Å². The van der Waals surface area contributed by atoms with Crippen molar-refractivity contribution >= 4 is 17.7 Å². The number of thioether (sulfide) groups is 1. The zero-order valence-corrected chi connectivity index (χ0v) is 15.2. The van der Waals surface area contributed by atoms with Gasteiger partial charge in [0, 0.05) is 23.7 Å². The van der Waals surface area contributed by atoms with Gasteiger partial charge in [-0.25, -0.2) is 4.98 Å². The first kappa shape index (κ1) is 17.5. The lowest BCUT2D eigenvalue weighted by Crippen LogP contribution is -2.40. The number of phenolic OH excluding ortho intramolecular Hbond substituents is 1. The number of likely N-dealkylation sites (tertiary alicyclic amines) is 1. The van der Waals surface area contributed by atoms with Crippen LogP contribution < -0.4 is 5.32 Å². The summed E-state index contributed by atoms with van der Waals surface area (Å²) in [5.41, 5.74) is 1.75. The predicted octanol–water partition coefficient (Wildman–Crippen LogP) is 2.45. The average molecular weight is 355 g/mol. The Morgan fingerprint density at radius 3 is 2.92 bits per heavy atom. The van der Waals surface area contributed by atoms with Crippen molar-refractivity contribution in [3.05, 3.63) is 23.8 Å². The van der Waals surface area contributed by atoms with Gasteiger partial charge in [-0.3, -0.25) is 0 Å². The number of anilines is 1. The zero-order valence-electron chi connectivity index (χ0n) is 14.4. The van der Waals surface area contributed by atoms with Crippen LogP contribution in [0, 0.1) is 12.3 Å². The summed E-state index contributed by atoms with van der Waals surface area (Å²) in [5, 5.41) is 22.8. The molecule has 2 aromatic rings. The van der Waals surface area contributed by atoms with E-state index in [-0.39, 0.29) is 5.75 Å². The molecule has 7 heteroatoms. The summed E-state index contributed by atoms with van der Waals surface area (Å²) in [6.45, 7) is 2.09. The number of nitrogens with zero attached hydrogens (tertiary/aromatic N) is 4. The molecule has 1 aromatic heterocycles. The first-order valence-electron chi connectivity index (χ1n) is 8.14. The topological polar surface area (TPSA) is 74.2 Å². The molecule has 1 saturated heterocycles. The van der Waals surface area contributed by atoms with E-state index in [2.05, 4.69) is 38.4 Å². The Morgan fingerprint density at radius 1 is 1.40 bits per heavy atom. The van der Waals surface area contributed by atoms with Gasteiger partial charge in [-0.05, 0) is 50.9 Å². The van der Waals surface area contributed by atoms with Crippen LogP contribution in [0.3, 0.4) is 0 Å². The van der Waals surface area contributed by atoms with Crippen molar-refractivity contribution < 1.29 is 5.11 Å². The molecule has 0 saturated carbocycles. The predicted molar refractivity (Wildman–Crippen MR) is 101 cm³/mol. The summed E-state index contributed by atoms with van der Waals surface area (Å²) in [6.07, 6.45) is 9.55. The Balaban J connectivity index is 1.86. The van der Waals surface area contributed by atoms with Gasteiger partial charge < -0.3 is 15.3 Å². The largest absolute Gasteiger partial charge is 0.507 e. The van der Waals surface area contributed by atoms with E-state index < -0.39 is 0 Å². The molecule has 0 aliphatic carbocycles. The number of hydrogen-bond donors (Lipinski definition) is 2. The molecule has 3 rings (SSSR count). The third-order valence-electron chi connectivity index (χ3n) is 4.23. The molecule has 1 fully saturated rings. The average Bonchev–Trinajstić information content (AvgIpc) is 2.62. The molecule has 0 amide bonds. The second-order valence-corrected chi connectivity index (χ2v) is 6.91. The molecule has 2 N–H and O–H groups in total. The monoisotopic (exact) mass is 355 g/mol. The van der Waals surface area contributed by atoms with E-state index >= 15 is 0 Å². The van der Waals surface area contributed by atoms with Gasteiger partial charge in [0.25, 0.3) is 0 Å². The Kier molecular flexibility index (Phi) is 5.41. The highest BCUT2D eigenvalue weighted by Gasteiger charge is 2.19. The third kappa shape index (κ3) is 4.03. The number of rotatable bonds is 4. The minimum Gasteiger partial charge on any atom is -0.507 e. The fourth-order valence-corrected chi connectivity index (χ4v) is 3.49. The summed E-state index contributed by atoms with van der Waals surface area (Å²) < 4.78 is 0. The normalized spacial score (nSPS) is 17.9. The number of hydrogen-bond acceptors (Lipinski definition) is 7. The van der Waals surface area contributed by atoms with Crippen LogP contribution >= 0.6 is 11.8 Å². The first-order chi connectivity index (χ1) is 12.1. The maximum absolute atomic E-state index is 10.2. The van der Waals surface area contributed by atoms with Crippen LogP contribution in [-0.2, 0) is 0 Å². The van der Waals surface area contributed by atoms with Crippen LogP contribution in [0.25, 0.3) is 11.3 Å². The number of piperidine rings is 1. The highest BCUT2D eigenvalue weighted by atomic mass is 32.2. The quantitative estimate of drug-likeness (QED) is 0.644. The molecule has 25 heavy (non-hydrogen) atoms. The van der Waals surface area contributed by atoms with Gasteiger partial charge in [0.2, 0.25) is 5.95 Å². The molecule has 6 nitrogen and oxygen atoms in total. The van der Waals surface area contributed by atoms with E-state index in [1.54, 1.807) is 18.2 Å². The number of terminal acetylenes is 1. The van der Waals surface area contributed by atoms with Crippen molar-refractivity contribution in [3.63, 3.8) is 0 Å². The molecule has 0 radical (unpaired) electrons. The van der Waals surface area contributed by atoms with Gasteiger partial charge in [-0.15, -0.1) is 28.4 Å². The molecule has 0 bridgehead atoms. The second kappa shape index (κ2) is 7.72. The Labute approximate surface area is 152 Å². The smallest absolute Gasteiger partial charge is 0.244 e. The SMILES string of the molecule is C#Cc1ccc(-c2nnc(N[C@@H]3CCCN(C)C3)nc2SC)c(O)c1. The molecular formula is C18H21N5OS. The van der Waals surface area contributed by atoms with E-state index in [0.29, 0.717) is 33.8 Å². The number of benzene rings is 1. The summed E-state index contributed by atoms with van der Waals surface area (Å²) in [5.74, 6) is 3.10. The molecule has 2 heterocycles. The van der Waals surface area contributed by atoms with Gasteiger partial charge in [0.05, 0.1) is 0 Å². The van der Waals surface area contributed by atoms with Gasteiger partial charge in [-0.1, -0.05) is 5.92 Å². The molecule has 0 spiro atoms. The number of nitrogens with one attached hydrogen (secondary N) is 1. The van der Waals surface area contributed by atoms with Crippen LogP contribution in [0.2, 0.25) is 0 Å². The van der Waals surface area contributed by atoms with Crippen molar-refractivity contribution in [2.75, 3.05) is 31.7 Å². The van der Waals surface area contributed by atoms with Gasteiger partial charge in [0.15, 0.2) is 0 Å². The number of likely N-dealkylation sites (N-methyl/N-ethyl adjacent to an activating group) is 1. The van der Waals surface area contributed by atoms with Gasteiger partial charge >= 0.3 is 0 Å². The van der Waals surface area contributed by atoms with E-state index in [1.165, 1.54) is 11.8 Å². The highest BCUT2D eigenvalue weighted by Crippen LogP contribution is 2.33. The highest BCUT2D eigenvalue weighted by molar-refractivity contribution is 7.98. The molecule has 1 aliphatic rings. The maximum atomic E-state index is 10.2. The fourth-order valence-electron chi connectivity index (χ4n) is 2.97. The summed E-state index contributed by atoms with van der Waals surface area (Å²) in [7, 11) is 2.12. The Morgan fingerprint density at radius 2 is 2.24 bits per heavy atom. The molecular weight excluding hydrogens is 334 g/mol. The van der Waals surface area contributed by atoms with Crippen molar-refractivity contribution in [2.24, 2.45) is 0 Å². The number of phenols is 1. The van der Waals surface area contributed by atoms with E-state index in [9.17, 15) is 5.11 Å². The second-order valence-electron chi connectivity index (χ2n) is 6.12. The van der Waals surface area contributed by atoms with Crippen LogP contribution in [0.15, 0.2) is 23.2 Å². The van der Waals surface area contributed by atoms with E-state index in [4.69, 9.17) is 6.42 Å². The summed E-state index contributed by atoms with van der Waals surface area (Å²) in [4.78, 5) is 6.87. The molecule has 1 aromatic carbocycles. The van der Waals surface area contributed by atoms with Crippen LogP contribution in [0.4, 0.5) is 5.95 Å². The lowest BCUT2D eigenvalue weighted by atomic mass is 10.1. The van der Waals surface area contributed by atoms with Crippen molar-refractivity contribution in [2.45, 2.75) is 23.9 Å². The van der Waals surface area contributed by atoms with Crippen LogP contribution in [-0.4, -0.2) is 57.6 Å². The molecule has 1 aliphatic heterocycles. The lowest BCUT2D eigenvalue weighted by molar-refractivity contribution is 0.260. The minimum atomic E-state index is 0.0801. The number of aromatic nitrogens is 3. The Hall–Kier alpha value is -2.30. The summed E-state index contributed by atoms with van der Waals surface area (Å²) in [6, 6.07) is 5.39. The molecule has 0 unspecified atom stereocenters. The van der Waals surface area contributed by atoms with Gasteiger partial charge in [0.1, 0.15) is 16.5 Å². The minimum absolute atomic E-state index is 0.0801. The lowest BCUT2D eigenvalue weighted by Gasteiger charge is -2.30. The third-order valence-corrected chi connectivity index (χ3v) is 4.90. The standard InChI is InChI=1S/C18H21N5OS/c1-4-12-7-8-14(15(24)10-12)16-17(25-3)20-18(22-21-16)19-13-6-5-9-23(2)11-13/h1,7-8,10,13,24H,5-6,9,11H2,2-3H3,(H,19,20,22)/t13-/m1/s1. The zero-order chi connectivity index (χ0) is 17.8.